The van der Waals surface area contributed by atoms with E-state index in [0.717, 1.165) is 0 Å². The maximum absolute atomic E-state index is 11.6. The van der Waals surface area contributed by atoms with Crippen molar-refractivity contribution in [1.29, 1.82) is 0 Å². The SMILES string of the molecule is C#CCNC(=O)C1(C)COCC1N. The molecule has 3 N–H and O–H groups in total. The minimum atomic E-state index is -0.628. The van der Waals surface area contributed by atoms with Gasteiger partial charge in [0.1, 0.15) is 0 Å². The molecule has 1 amide bonds. The molecule has 4 nitrogen and oxygen atoms in total. The second-order valence-electron chi connectivity index (χ2n) is 3.43. The molecule has 4 heteroatoms. The highest BCUT2D eigenvalue weighted by Gasteiger charge is 2.43. The number of ether oxygens (including phenoxy) is 1. The molecule has 0 aromatic carbocycles. The van der Waals surface area contributed by atoms with Crippen molar-refractivity contribution in [1.82, 2.24) is 5.32 Å². The van der Waals surface area contributed by atoms with Crippen LogP contribution in [0.4, 0.5) is 0 Å². The normalized spacial score (nSPS) is 32.5. The van der Waals surface area contributed by atoms with Crippen molar-refractivity contribution in [2.24, 2.45) is 11.1 Å². The summed E-state index contributed by atoms with van der Waals surface area (Å²) in [6.45, 7) is 2.82. The minimum absolute atomic E-state index is 0.129. The highest BCUT2D eigenvalue weighted by atomic mass is 16.5. The molecular formula is C9H14N2O2. The molecule has 0 aromatic heterocycles. The molecule has 1 aliphatic heterocycles. The van der Waals surface area contributed by atoms with Gasteiger partial charge in [-0.1, -0.05) is 5.92 Å². The van der Waals surface area contributed by atoms with E-state index in [1.165, 1.54) is 0 Å². The molecule has 0 spiro atoms. The van der Waals surface area contributed by atoms with Gasteiger partial charge in [-0.05, 0) is 6.92 Å². The van der Waals surface area contributed by atoms with E-state index in [0.29, 0.717) is 13.2 Å². The third-order valence-corrected chi connectivity index (χ3v) is 2.39. The smallest absolute Gasteiger partial charge is 0.230 e. The van der Waals surface area contributed by atoms with Gasteiger partial charge in [-0.25, -0.2) is 0 Å². The van der Waals surface area contributed by atoms with Crippen LogP contribution in [0.1, 0.15) is 6.92 Å². The Morgan fingerprint density at radius 2 is 2.62 bits per heavy atom. The lowest BCUT2D eigenvalue weighted by Gasteiger charge is -2.24. The Morgan fingerprint density at radius 3 is 3.08 bits per heavy atom. The molecule has 1 fully saturated rings. The maximum Gasteiger partial charge on any atom is 0.230 e. The number of hydrogen-bond acceptors (Lipinski definition) is 3. The van der Waals surface area contributed by atoms with Crippen molar-refractivity contribution in [2.75, 3.05) is 19.8 Å². The van der Waals surface area contributed by atoms with E-state index in [4.69, 9.17) is 16.9 Å². The van der Waals surface area contributed by atoms with E-state index in [1.807, 2.05) is 0 Å². The van der Waals surface area contributed by atoms with Crippen LogP contribution in [-0.4, -0.2) is 31.7 Å². The number of nitrogens with two attached hydrogens (primary N) is 1. The molecule has 0 bridgehead atoms. The van der Waals surface area contributed by atoms with Gasteiger partial charge in [-0.2, -0.15) is 0 Å². The fourth-order valence-electron chi connectivity index (χ4n) is 1.26. The average molecular weight is 182 g/mol. The summed E-state index contributed by atoms with van der Waals surface area (Å²) in [6, 6.07) is -0.245. The first-order valence-electron chi connectivity index (χ1n) is 4.16. The second kappa shape index (κ2) is 3.77. The standard InChI is InChI=1S/C9H14N2O2/c1-3-4-11-8(12)9(2)6-13-5-7(9)10/h1,7H,4-6,10H2,2H3,(H,11,12). The molecule has 1 aliphatic rings. The van der Waals surface area contributed by atoms with Crippen LogP contribution < -0.4 is 11.1 Å². The fraction of sp³-hybridized carbons (Fsp3) is 0.667. The molecular weight excluding hydrogens is 168 g/mol. The van der Waals surface area contributed by atoms with E-state index in [9.17, 15) is 4.79 Å². The van der Waals surface area contributed by atoms with E-state index in [2.05, 4.69) is 11.2 Å². The summed E-state index contributed by atoms with van der Waals surface area (Å²) < 4.78 is 5.14. The van der Waals surface area contributed by atoms with Crippen molar-refractivity contribution in [3.8, 4) is 12.3 Å². The van der Waals surface area contributed by atoms with E-state index in [-0.39, 0.29) is 18.5 Å². The Balaban J connectivity index is 2.59. The van der Waals surface area contributed by atoms with Gasteiger partial charge in [0.15, 0.2) is 0 Å². The lowest BCUT2D eigenvalue weighted by Crippen LogP contribution is -2.49. The molecule has 13 heavy (non-hydrogen) atoms. The first kappa shape index (κ1) is 10.0. The zero-order valence-corrected chi connectivity index (χ0v) is 7.67. The first-order valence-corrected chi connectivity index (χ1v) is 4.16. The van der Waals surface area contributed by atoms with Gasteiger partial charge in [-0.15, -0.1) is 6.42 Å². The van der Waals surface area contributed by atoms with Crippen LogP contribution in [0.15, 0.2) is 0 Å². The van der Waals surface area contributed by atoms with Crippen molar-refractivity contribution in [3.63, 3.8) is 0 Å². The second-order valence-corrected chi connectivity index (χ2v) is 3.43. The highest BCUT2D eigenvalue weighted by molar-refractivity contribution is 5.83. The number of hydrogen-bond donors (Lipinski definition) is 2. The van der Waals surface area contributed by atoms with Gasteiger partial charge >= 0.3 is 0 Å². The first-order chi connectivity index (χ1) is 6.11. The fourth-order valence-corrected chi connectivity index (χ4v) is 1.26. The molecule has 2 atom stereocenters. The maximum atomic E-state index is 11.6. The lowest BCUT2D eigenvalue weighted by atomic mass is 9.85. The van der Waals surface area contributed by atoms with Crippen LogP contribution in [0.2, 0.25) is 0 Å². The molecule has 1 saturated heterocycles. The zero-order valence-electron chi connectivity index (χ0n) is 7.67. The summed E-state index contributed by atoms with van der Waals surface area (Å²) >= 11 is 0. The van der Waals surface area contributed by atoms with Crippen molar-refractivity contribution < 1.29 is 9.53 Å². The Morgan fingerprint density at radius 1 is 1.92 bits per heavy atom. The summed E-state index contributed by atoms with van der Waals surface area (Å²) in [5.41, 5.74) is 5.12. The number of amides is 1. The molecule has 1 heterocycles. The van der Waals surface area contributed by atoms with Crippen molar-refractivity contribution in [2.45, 2.75) is 13.0 Å². The zero-order chi connectivity index (χ0) is 9.90. The van der Waals surface area contributed by atoms with Gasteiger partial charge in [0.25, 0.3) is 0 Å². The van der Waals surface area contributed by atoms with Gasteiger partial charge in [-0.3, -0.25) is 4.79 Å². The predicted molar refractivity (Wildman–Crippen MR) is 48.7 cm³/mol. The summed E-state index contributed by atoms with van der Waals surface area (Å²) in [7, 11) is 0. The monoisotopic (exact) mass is 182 g/mol. The summed E-state index contributed by atoms with van der Waals surface area (Å²) in [4.78, 5) is 11.6. The van der Waals surface area contributed by atoms with E-state index >= 15 is 0 Å². The molecule has 0 radical (unpaired) electrons. The topological polar surface area (TPSA) is 64.3 Å². The van der Waals surface area contributed by atoms with Gasteiger partial charge in [0.05, 0.1) is 25.2 Å². The third kappa shape index (κ3) is 1.82. The van der Waals surface area contributed by atoms with Crippen LogP contribution in [0.3, 0.4) is 0 Å². The lowest BCUT2D eigenvalue weighted by molar-refractivity contribution is -0.130. The molecule has 0 saturated carbocycles. The quantitative estimate of drug-likeness (QED) is 0.544. The van der Waals surface area contributed by atoms with Crippen LogP contribution in [-0.2, 0) is 9.53 Å². The van der Waals surface area contributed by atoms with Crippen LogP contribution in [0.25, 0.3) is 0 Å². The van der Waals surface area contributed by atoms with E-state index < -0.39 is 5.41 Å². The molecule has 72 valence electrons. The van der Waals surface area contributed by atoms with Crippen LogP contribution in [0.5, 0.6) is 0 Å². The Kier molecular flexibility index (Phi) is 2.91. The highest BCUT2D eigenvalue weighted by Crippen LogP contribution is 2.26. The third-order valence-electron chi connectivity index (χ3n) is 2.39. The van der Waals surface area contributed by atoms with Crippen molar-refractivity contribution in [3.05, 3.63) is 0 Å². The Labute approximate surface area is 77.8 Å². The number of rotatable bonds is 2. The molecule has 1 rings (SSSR count). The predicted octanol–water partition coefficient (Wildman–Crippen LogP) is -0.900. The van der Waals surface area contributed by atoms with Crippen molar-refractivity contribution >= 4 is 5.91 Å². The summed E-state index contributed by atoms with van der Waals surface area (Å²) in [5, 5.41) is 2.61. The Hall–Kier alpha value is -1.05. The van der Waals surface area contributed by atoms with Crippen LogP contribution >= 0.6 is 0 Å². The Bertz CT molecular complexity index is 246. The van der Waals surface area contributed by atoms with Gasteiger partial charge < -0.3 is 15.8 Å². The number of carbonyl (C=O) groups is 1. The minimum Gasteiger partial charge on any atom is -0.379 e. The van der Waals surface area contributed by atoms with Gasteiger partial charge in [0.2, 0.25) is 5.91 Å². The molecule has 0 aliphatic carbocycles. The number of nitrogens with one attached hydrogen (secondary N) is 1. The largest absolute Gasteiger partial charge is 0.379 e. The van der Waals surface area contributed by atoms with Gasteiger partial charge in [0, 0.05) is 6.04 Å². The molecule has 0 aromatic rings. The number of carbonyl (C=O) groups excluding carboxylic acids is 1. The van der Waals surface area contributed by atoms with E-state index in [1.54, 1.807) is 6.92 Å². The number of terminal acetylenes is 1. The summed E-state index contributed by atoms with van der Waals surface area (Å²) in [5.74, 6) is 2.21. The summed E-state index contributed by atoms with van der Waals surface area (Å²) in [6.07, 6.45) is 5.03. The molecule has 2 unspecified atom stereocenters. The average Bonchev–Trinajstić information content (AvgIpc) is 2.44. The van der Waals surface area contributed by atoms with Crippen LogP contribution in [0, 0.1) is 17.8 Å².